The second-order valence-electron chi connectivity index (χ2n) is 9.41. The van der Waals surface area contributed by atoms with E-state index in [4.69, 9.17) is 11.6 Å². The number of carbonyl (C=O) groups excluding carboxylic acids is 1. The smallest absolute Gasteiger partial charge is 0.286 e. The summed E-state index contributed by atoms with van der Waals surface area (Å²) in [5.41, 5.74) is 1.56. The number of benzene rings is 4. The molecule has 0 aliphatic carbocycles. The van der Waals surface area contributed by atoms with E-state index in [1.807, 2.05) is 30.3 Å². The van der Waals surface area contributed by atoms with Crippen LogP contribution in [0.5, 0.6) is 0 Å². The van der Waals surface area contributed by atoms with Crippen molar-refractivity contribution in [3.05, 3.63) is 131 Å². The molecular formula is C31H21ClN4O5S3. The van der Waals surface area contributed by atoms with E-state index >= 15 is 0 Å². The molecule has 13 heteroatoms. The molecule has 0 spiro atoms. The first-order valence-electron chi connectivity index (χ1n) is 13.0. The van der Waals surface area contributed by atoms with E-state index in [1.165, 1.54) is 66.7 Å². The molecule has 0 radical (unpaired) electrons. The van der Waals surface area contributed by atoms with Crippen LogP contribution in [0, 0.1) is 0 Å². The SMILES string of the molecule is O=C1N=C(Nc2cc(N(S(=O)(=O)c3ccccc3)S(=O)(=O)c3ccccc3)ccc2Cl)S/C1=C\c1ccc2ncccc2c1. The number of hydrogen-bond donors (Lipinski definition) is 1. The molecule has 2 heterocycles. The average Bonchev–Trinajstić information content (AvgIpc) is 3.37. The van der Waals surface area contributed by atoms with Crippen LogP contribution in [0.2, 0.25) is 5.02 Å². The van der Waals surface area contributed by atoms with Gasteiger partial charge in [0.15, 0.2) is 5.17 Å². The van der Waals surface area contributed by atoms with Crippen LogP contribution < -0.4 is 9.03 Å². The van der Waals surface area contributed by atoms with Gasteiger partial charge in [-0.3, -0.25) is 9.78 Å². The molecule has 6 rings (SSSR count). The molecule has 0 unspecified atom stereocenters. The molecule has 4 aromatic carbocycles. The predicted molar refractivity (Wildman–Crippen MR) is 175 cm³/mol. The highest BCUT2D eigenvalue weighted by Gasteiger charge is 2.37. The number of aromatic nitrogens is 1. The number of thioether (sulfide) groups is 1. The van der Waals surface area contributed by atoms with Crippen LogP contribution in [0.25, 0.3) is 17.0 Å². The summed E-state index contributed by atoms with van der Waals surface area (Å²) in [5, 5.41) is 4.21. The van der Waals surface area contributed by atoms with Crippen molar-refractivity contribution in [3.63, 3.8) is 0 Å². The Bertz CT molecular complexity index is 2120. The van der Waals surface area contributed by atoms with Gasteiger partial charge in [-0.15, -0.1) is 0 Å². The van der Waals surface area contributed by atoms with E-state index in [0.29, 0.717) is 8.62 Å². The Hall–Kier alpha value is -4.49. The Morgan fingerprint density at radius 1 is 0.773 bits per heavy atom. The molecule has 1 amide bonds. The molecule has 9 nitrogen and oxygen atoms in total. The molecule has 0 saturated heterocycles. The molecular weight excluding hydrogens is 640 g/mol. The summed E-state index contributed by atoms with van der Waals surface area (Å²) in [6.45, 7) is 0. The summed E-state index contributed by atoms with van der Waals surface area (Å²) >= 11 is 7.52. The zero-order chi connectivity index (χ0) is 30.9. The Morgan fingerprint density at radius 2 is 1.43 bits per heavy atom. The Kier molecular flexibility index (Phi) is 7.99. The lowest BCUT2D eigenvalue weighted by Crippen LogP contribution is -2.37. The maximum absolute atomic E-state index is 13.8. The minimum atomic E-state index is -4.61. The third kappa shape index (κ3) is 5.84. The number of amidine groups is 1. The second-order valence-corrected chi connectivity index (χ2v) is 14.7. The number of sulfonamides is 2. The van der Waals surface area contributed by atoms with Crippen LogP contribution in [-0.2, 0) is 24.8 Å². The van der Waals surface area contributed by atoms with Gasteiger partial charge in [-0.05, 0) is 84.1 Å². The van der Waals surface area contributed by atoms with Crippen molar-refractivity contribution < 1.29 is 21.6 Å². The lowest BCUT2D eigenvalue weighted by atomic mass is 10.1. The molecule has 0 fully saturated rings. The van der Waals surface area contributed by atoms with E-state index < -0.39 is 26.0 Å². The van der Waals surface area contributed by atoms with Crippen LogP contribution in [-0.4, -0.2) is 32.9 Å². The highest BCUT2D eigenvalue weighted by molar-refractivity contribution is 8.18. The fraction of sp³-hybridized carbons (Fsp3) is 0. The summed E-state index contributed by atoms with van der Waals surface area (Å²) in [7, 11) is -9.23. The molecule has 44 heavy (non-hydrogen) atoms. The lowest BCUT2D eigenvalue weighted by Gasteiger charge is -2.25. The summed E-state index contributed by atoms with van der Waals surface area (Å²) in [4.78, 5) is 21.0. The number of nitrogens with one attached hydrogen (secondary N) is 1. The van der Waals surface area contributed by atoms with Crippen LogP contribution in [0.1, 0.15) is 5.56 Å². The fourth-order valence-electron chi connectivity index (χ4n) is 4.42. The number of rotatable bonds is 7. The van der Waals surface area contributed by atoms with Crippen molar-refractivity contribution in [2.45, 2.75) is 9.79 Å². The molecule has 1 N–H and O–H groups in total. The maximum atomic E-state index is 13.8. The maximum Gasteiger partial charge on any atom is 0.286 e. The molecule has 1 aromatic heterocycles. The normalized spacial score (nSPS) is 14.5. The van der Waals surface area contributed by atoms with Gasteiger partial charge in [0.2, 0.25) is 0 Å². The van der Waals surface area contributed by atoms with Gasteiger partial charge < -0.3 is 5.32 Å². The number of fused-ring (bicyclic) bond motifs is 1. The number of hydrogen-bond acceptors (Lipinski definition) is 8. The van der Waals surface area contributed by atoms with E-state index in [9.17, 15) is 21.6 Å². The van der Waals surface area contributed by atoms with Crippen molar-refractivity contribution in [2.75, 3.05) is 9.03 Å². The highest BCUT2D eigenvalue weighted by atomic mass is 35.5. The van der Waals surface area contributed by atoms with Gasteiger partial charge in [0.05, 0.1) is 36.6 Å². The van der Waals surface area contributed by atoms with Crippen LogP contribution in [0.15, 0.2) is 135 Å². The molecule has 1 aliphatic rings. The van der Waals surface area contributed by atoms with Crippen LogP contribution in [0.3, 0.4) is 0 Å². The van der Waals surface area contributed by atoms with Gasteiger partial charge in [-0.25, -0.2) is 16.8 Å². The topological polar surface area (TPSA) is 126 Å². The van der Waals surface area contributed by atoms with Gasteiger partial charge in [0, 0.05) is 11.6 Å². The Morgan fingerprint density at radius 3 is 2.09 bits per heavy atom. The van der Waals surface area contributed by atoms with Crippen molar-refractivity contribution in [1.82, 2.24) is 4.98 Å². The van der Waals surface area contributed by atoms with E-state index in [0.717, 1.165) is 28.2 Å². The standard InChI is InChI=1S/C31H21ClN4O5S3/c32-26-15-14-23(36(43(38,39)24-9-3-1-4-10-24)44(40,41)25-11-5-2-6-12-25)20-28(26)34-31-35-30(37)29(42-31)19-21-13-16-27-22(18-21)8-7-17-33-27/h1-20H,(H,34,35,37)/b29-19-. The largest absolute Gasteiger partial charge is 0.333 e. The Labute approximate surface area is 263 Å². The number of carbonyl (C=O) groups is 1. The minimum Gasteiger partial charge on any atom is -0.333 e. The van der Waals surface area contributed by atoms with Gasteiger partial charge in [0.1, 0.15) is 0 Å². The monoisotopic (exact) mass is 660 g/mol. The third-order valence-corrected chi connectivity index (χ3v) is 11.9. The number of aliphatic imine (C=N–C) groups is 1. The van der Waals surface area contributed by atoms with E-state index in [2.05, 4.69) is 15.3 Å². The second kappa shape index (κ2) is 11.9. The van der Waals surface area contributed by atoms with Gasteiger partial charge in [0.25, 0.3) is 26.0 Å². The van der Waals surface area contributed by atoms with E-state index in [1.54, 1.807) is 24.4 Å². The van der Waals surface area contributed by atoms with Gasteiger partial charge >= 0.3 is 0 Å². The molecule has 1 aliphatic heterocycles. The molecule has 220 valence electrons. The molecule has 5 aromatic rings. The summed E-state index contributed by atoms with van der Waals surface area (Å²) < 4.78 is 55.8. The molecule has 0 bridgehead atoms. The Balaban J connectivity index is 1.34. The first-order chi connectivity index (χ1) is 21.1. The predicted octanol–water partition coefficient (Wildman–Crippen LogP) is 6.55. The third-order valence-electron chi connectivity index (χ3n) is 6.47. The van der Waals surface area contributed by atoms with Crippen LogP contribution in [0.4, 0.5) is 11.4 Å². The van der Waals surface area contributed by atoms with Crippen molar-refractivity contribution in [3.8, 4) is 0 Å². The van der Waals surface area contributed by atoms with Gasteiger partial charge in [-0.1, -0.05) is 60.1 Å². The first kappa shape index (κ1) is 29.6. The van der Waals surface area contributed by atoms with Crippen molar-refractivity contribution in [2.24, 2.45) is 4.99 Å². The lowest BCUT2D eigenvalue weighted by molar-refractivity contribution is -0.113. The number of halogens is 1. The first-order valence-corrected chi connectivity index (χ1v) is 17.0. The molecule has 0 saturated carbocycles. The number of nitrogens with zero attached hydrogens (tertiary/aromatic N) is 3. The number of anilines is 2. The van der Waals surface area contributed by atoms with Crippen molar-refractivity contribution in [1.29, 1.82) is 0 Å². The summed E-state index contributed by atoms with van der Waals surface area (Å²) in [5.74, 6) is -0.476. The minimum absolute atomic E-state index is 0.151. The average molecular weight is 661 g/mol. The summed E-state index contributed by atoms with van der Waals surface area (Å²) in [6, 6.07) is 27.8. The quantitative estimate of drug-likeness (QED) is 0.195. The highest BCUT2D eigenvalue weighted by Crippen LogP contribution is 2.37. The van der Waals surface area contributed by atoms with Crippen molar-refractivity contribution >= 4 is 82.8 Å². The van der Waals surface area contributed by atoms with E-state index in [-0.39, 0.29) is 31.4 Å². The zero-order valence-corrected chi connectivity index (χ0v) is 25.7. The number of amides is 1. The van der Waals surface area contributed by atoms with Crippen LogP contribution >= 0.6 is 23.4 Å². The van der Waals surface area contributed by atoms with Gasteiger partial charge in [-0.2, -0.15) is 8.70 Å². The zero-order valence-electron chi connectivity index (χ0n) is 22.5. The fourth-order valence-corrected chi connectivity index (χ4v) is 9.13. The molecule has 0 atom stereocenters. The number of pyridine rings is 1. The summed E-state index contributed by atoms with van der Waals surface area (Å²) in [6.07, 6.45) is 3.41.